The molecule has 0 amide bonds. The summed E-state index contributed by atoms with van der Waals surface area (Å²) in [5, 5.41) is 0.612. The Morgan fingerprint density at radius 1 is 1.11 bits per heavy atom. The fraction of sp³-hybridized carbons (Fsp3) is 0.133. The van der Waals surface area contributed by atoms with Crippen molar-refractivity contribution in [2.24, 2.45) is 4.99 Å². The van der Waals surface area contributed by atoms with Crippen LogP contribution in [0.1, 0.15) is 11.1 Å². The van der Waals surface area contributed by atoms with Crippen LogP contribution >= 0.6 is 11.6 Å². The lowest BCUT2D eigenvalue weighted by molar-refractivity contribution is 0.174. The molecule has 0 unspecified atom stereocenters. The highest BCUT2D eigenvalue weighted by Crippen LogP contribution is 2.36. The summed E-state index contributed by atoms with van der Waals surface area (Å²) in [5.41, 5.74) is 2.00. The van der Waals surface area contributed by atoms with Crippen molar-refractivity contribution in [1.82, 2.24) is 0 Å². The zero-order chi connectivity index (χ0) is 13.1. The van der Waals surface area contributed by atoms with E-state index < -0.39 is 0 Å². The van der Waals surface area contributed by atoms with Gasteiger partial charge >= 0.3 is 0 Å². The van der Waals surface area contributed by atoms with E-state index in [2.05, 4.69) is 4.99 Å². The standard InChI is InChI=1S/C15H12ClNO2/c16-13-7-15-14(18-10-19-15)6-12(13)9-17-8-11-4-2-1-3-5-11/h1-7,9H,8,10H2. The summed E-state index contributed by atoms with van der Waals surface area (Å²) in [6.45, 7) is 0.877. The fourth-order valence-corrected chi connectivity index (χ4v) is 2.07. The van der Waals surface area contributed by atoms with Crippen molar-refractivity contribution < 1.29 is 9.47 Å². The molecule has 96 valence electrons. The van der Waals surface area contributed by atoms with Crippen LogP contribution in [0, 0.1) is 0 Å². The van der Waals surface area contributed by atoms with Gasteiger partial charge in [-0.05, 0) is 11.6 Å². The van der Waals surface area contributed by atoms with Crippen LogP contribution in [0.4, 0.5) is 0 Å². The van der Waals surface area contributed by atoms with Crippen LogP contribution in [0.15, 0.2) is 47.5 Å². The molecule has 0 fully saturated rings. The summed E-state index contributed by atoms with van der Waals surface area (Å²) in [4.78, 5) is 4.39. The lowest BCUT2D eigenvalue weighted by atomic mass is 10.2. The van der Waals surface area contributed by atoms with Crippen molar-refractivity contribution in [2.75, 3.05) is 6.79 Å². The van der Waals surface area contributed by atoms with E-state index >= 15 is 0 Å². The Labute approximate surface area is 116 Å². The second-order valence-corrected chi connectivity index (χ2v) is 4.59. The summed E-state index contributed by atoms with van der Waals surface area (Å²) in [7, 11) is 0. The highest BCUT2D eigenvalue weighted by atomic mass is 35.5. The van der Waals surface area contributed by atoms with Crippen LogP contribution in [0.2, 0.25) is 5.02 Å². The van der Waals surface area contributed by atoms with E-state index in [1.54, 1.807) is 12.3 Å². The summed E-state index contributed by atoms with van der Waals surface area (Å²) in [5.74, 6) is 1.40. The van der Waals surface area contributed by atoms with E-state index in [1.807, 2.05) is 36.4 Å². The van der Waals surface area contributed by atoms with E-state index in [1.165, 1.54) is 0 Å². The molecule has 0 saturated carbocycles. The molecule has 19 heavy (non-hydrogen) atoms. The average molecular weight is 274 g/mol. The van der Waals surface area contributed by atoms with Gasteiger partial charge in [0.05, 0.1) is 11.6 Å². The van der Waals surface area contributed by atoms with E-state index in [0.29, 0.717) is 23.1 Å². The van der Waals surface area contributed by atoms with Crippen molar-refractivity contribution in [3.63, 3.8) is 0 Å². The molecule has 0 atom stereocenters. The third-order valence-corrected chi connectivity index (χ3v) is 3.17. The number of aliphatic imine (C=N–C) groups is 1. The maximum absolute atomic E-state index is 6.16. The Morgan fingerprint density at radius 2 is 1.84 bits per heavy atom. The van der Waals surface area contributed by atoms with E-state index in [4.69, 9.17) is 21.1 Å². The second-order valence-electron chi connectivity index (χ2n) is 4.18. The summed E-state index contributed by atoms with van der Waals surface area (Å²) < 4.78 is 10.6. The van der Waals surface area contributed by atoms with Gasteiger partial charge in [-0.3, -0.25) is 4.99 Å². The first-order valence-corrected chi connectivity index (χ1v) is 6.33. The molecule has 1 aliphatic rings. The Bertz CT molecular complexity index is 611. The van der Waals surface area contributed by atoms with Crippen LogP contribution < -0.4 is 9.47 Å². The third kappa shape index (κ3) is 2.71. The van der Waals surface area contributed by atoms with Crippen molar-refractivity contribution in [3.8, 4) is 11.5 Å². The molecule has 3 nitrogen and oxygen atoms in total. The molecule has 0 saturated heterocycles. The van der Waals surface area contributed by atoms with Crippen LogP contribution in [0.25, 0.3) is 0 Å². The van der Waals surface area contributed by atoms with E-state index in [9.17, 15) is 0 Å². The molecule has 1 heterocycles. The van der Waals surface area contributed by atoms with Crippen LogP contribution in [-0.4, -0.2) is 13.0 Å². The number of nitrogens with zero attached hydrogens (tertiary/aromatic N) is 1. The molecule has 0 spiro atoms. The molecule has 3 rings (SSSR count). The maximum Gasteiger partial charge on any atom is 0.231 e. The minimum absolute atomic E-state index is 0.246. The number of fused-ring (bicyclic) bond motifs is 1. The molecule has 2 aromatic carbocycles. The summed E-state index contributed by atoms with van der Waals surface area (Å²) >= 11 is 6.16. The van der Waals surface area contributed by atoms with Gasteiger partial charge in [0.15, 0.2) is 11.5 Å². The quantitative estimate of drug-likeness (QED) is 0.799. The molecule has 4 heteroatoms. The normalized spacial score (nSPS) is 13.1. The average Bonchev–Trinajstić information content (AvgIpc) is 2.87. The first kappa shape index (κ1) is 12.1. The Hall–Kier alpha value is -2.00. The molecule has 0 radical (unpaired) electrons. The zero-order valence-corrected chi connectivity index (χ0v) is 10.9. The van der Waals surface area contributed by atoms with Crippen LogP contribution in [0.5, 0.6) is 11.5 Å². The SMILES string of the molecule is Clc1cc2c(cc1C=NCc1ccccc1)OCO2. The Morgan fingerprint density at radius 3 is 2.63 bits per heavy atom. The van der Waals surface area contributed by atoms with Gasteiger partial charge in [-0.25, -0.2) is 0 Å². The molecule has 0 N–H and O–H groups in total. The third-order valence-electron chi connectivity index (χ3n) is 2.84. The van der Waals surface area contributed by atoms with Gasteiger partial charge < -0.3 is 9.47 Å². The number of halogens is 1. The first-order chi connectivity index (χ1) is 9.33. The van der Waals surface area contributed by atoms with Gasteiger partial charge in [0.25, 0.3) is 0 Å². The minimum atomic E-state index is 0.246. The van der Waals surface area contributed by atoms with Gasteiger partial charge in [-0.15, -0.1) is 0 Å². The van der Waals surface area contributed by atoms with Crippen molar-refractivity contribution in [2.45, 2.75) is 6.54 Å². The lowest BCUT2D eigenvalue weighted by Gasteiger charge is -2.01. The Balaban J connectivity index is 1.76. The first-order valence-electron chi connectivity index (χ1n) is 5.96. The number of ether oxygens (including phenoxy) is 2. The maximum atomic E-state index is 6.16. The van der Waals surface area contributed by atoms with Gasteiger partial charge in [-0.1, -0.05) is 41.9 Å². The molecule has 2 aromatic rings. The topological polar surface area (TPSA) is 30.8 Å². The number of hydrogen-bond acceptors (Lipinski definition) is 3. The summed E-state index contributed by atoms with van der Waals surface area (Å²) in [6.07, 6.45) is 1.76. The van der Waals surface area contributed by atoms with Crippen LogP contribution in [0.3, 0.4) is 0 Å². The predicted molar refractivity (Wildman–Crippen MR) is 75.3 cm³/mol. The smallest absolute Gasteiger partial charge is 0.231 e. The molecular weight excluding hydrogens is 262 g/mol. The number of hydrogen-bond donors (Lipinski definition) is 0. The molecule has 0 bridgehead atoms. The van der Waals surface area contributed by atoms with Crippen molar-refractivity contribution >= 4 is 17.8 Å². The molecule has 0 aliphatic carbocycles. The minimum Gasteiger partial charge on any atom is -0.454 e. The number of rotatable bonds is 3. The molecular formula is C15H12ClNO2. The predicted octanol–water partition coefficient (Wildman–Crippen LogP) is 3.69. The zero-order valence-electron chi connectivity index (χ0n) is 10.2. The largest absolute Gasteiger partial charge is 0.454 e. The molecule has 1 aliphatic heterocycles. The van der Waals surface area contributed by atoms with Gasteiger partial charge in [-0.2, -0.15) is 0 Å². The lowest BCUT2D eigenvalue weighted by Crippen LogP contribution is -1.92. The summed E-state index contributed by atoms with van der Waals surface area (Å²) in [6, 6.07) is 13.7. The van der Waals surface area contributed by atoms with Crippen molar-refractivity contribution in [3.05, 3.63) is 58.6 Å². The second kappa shape index (κ2) is 5.33. The van der Waals surface area contributed by atoms with Gasteiger partial charge in [0.2, 0.25) is 6.79 Å². The van der Waals surface area contributed by atoms with Crippen molar-refractivity contribution in [1.29, 1.82) is 0 Å². The number of benzene rings is 2. The fourth-order valence-electron chi connectivity index (χ4n) is 1.86. The van der Waals surface area contributed by atoms with Gasteiger partial charge in [0.1, 0.15) is 0 Å². The highest BCUT2D eigenvalue weighted by Gasteiger charge is 2.15. The van der Waals surface area contributed by atoms with Crippen LogP contribution in [-0.2, 0) is 6.54 Å². The van der Waals surface area contributed by atoms with Gasteiger partial charge in [0, 0.05) is 17.8 Å². The highest BCUT2D eigenvalue weighted by molar-refractivity contribution is 6.33. The van der Waals surface area contributed by atoms with E-state index in [0.717, 1.165) is 11.1 Å². The van der Waals surface area contributed by atoms with E-state index in [-0.39, 0.29) is 6.79 Å². The molecule has 0 aromatic heterocycles. The Kier molecular flexibility index (Phi) is 3.38. The monoisotopic (exact) mass is 273 g/mol.